The number of aryl methyl sites for hydroxylation is 1. The first-order chi connectivity index (χ1) is 16.5. The third-order valence-corrected chi connectivity index (χ3v) is 6.24. The van der Waals surface area contributed by atoms with Gasteiger partial charge >= 0.3 is 0 Å². The number of hydrogen-bond donors (Lipinski definition) is 2. The van der Waals surface area contributed by atoms with Crippen LogP contribution in [0.25, 0.3) is 0 Å². The highest BCUT2D eigenvalue weighted by Crippen LogP contribution is 2.22. The summed E-state index contributed by atoms with van der Waals surface area (Å²) in [5.74, 6) is -0.269. The molecule has 0 aliphatic carbocycles. The minimum atomic E-state index is -0.538. The molecule has 7 heteroatoms. The Morgan fingerprint density at radius 1 is 1.00 bits per heavy atom. The molecule has 1 saturated heterocycles. The van der Waals surface area contributed by atoms with Crippen LogP contribution in [0.3, 0.4) is 0 Å². The molecule has 1 aliphatic heterocycles. The summed E-state index contributed by atoms with van der Waals surface area (Å²) in [4.78, 5) is 34.3. The van der Waals surface area contributed by atoms with Gasteiger partial charge in [-0.1, -0.05) is 36.4 Å². The summed E-state index contributed by atoms with van der Waals surface area (Å²) in [6.45, 7) is 5.12. The molecular weight excluding hydrogens is 426 g/mol. The van der Waals surface area contributed by atoms with Crippen LogP contribution in [0.15, 0.2) is 73.1 Å². The average Bonchev–Trinajstić information content (AvgIpc) is 2.88. The number of nitrogens with zero attached hydrogens (tertiary/aromatic N) is 3. The monoisotopic (exact) mass is 457 g/mol. The maximum atomic E-state index is 13.5. The van der Waals surface area contributed by atoms with Crippen LogP contribution in [-0.2, 0) is 17.9 Å². The molecule has 176 valence electrons. The Morgan fingerprint density at radius 3 is 2.50 bits per heavy atom. The van der Waals surface area contributed by atoms with E-state index < -0.39 is 6.04 Å². The van der Waals surface area contributed by atoms with E-state index in [9.17, 15) is 9.59 Å². The standard InChI is InChI=1S/C27H31N5O2/c1-20-8-9-23(16-24(20)30-17-21-10-12-29-13-11-21)27(34)32-15-14-31(19-25(32)26(33)28-2)18-22-6-4-3-5-7-22/h3-13,16,25,30H,14-15,17-19H2,1-2H3,(H,28,33)/t25-/m1/s1. The SMILES string of the molecule is CNC(=O)[C@H]1CN(Cc2ccccc2)CCN1C(=O)c1ccc(C)c(NCc2ccncc2)c1. The Bertz CT molecular complexity index is 1120. The van der Waals surface area contributed by atoms with Gasteiger partial charge in [-0.25, -0.2) is 0 Å². The van der Waals surface area contributed by atoms with Gasteiger partial charge in [0.15, 0.2) is 0 Å². The molecule has 0 bridgehead atoms. The zero-order valence-corrected chi connectivity index (χ0v) is 19.7. The van der Waals surface area contributed by atoms with Crippen molar-refractivity contribution in [1.29, 1.82) is 0 Å². The number of aromatic nitrogens is 1. The number of carbonyl (C=O) groups is 2. The number of hydrogen-bond acceptors (Lipinski definition) is 5. The van der Waals surface area contributed by atoms with Gasteiger partial charge in [0.25, 0.3) is 5.91 Å². The zero-order chi connectivity index (χ0) is 23.9. The van der Waals surface area contributed by atoms with Crippen molar-refractivity contribution in [3.63, 3.8) is 0 Å². The summed E-state index contributed by atoms with van der Waals surface area (Å²) in [5, 5.41) is 6.16. The molecule has 1 atom stereocenters. The van der Waals surface area contributed by atoms with E-state index in [0.29, 0.717) is 31.7 Å². The molecule has 2 aromatic carbocycles. The van der Waals surface area contributed by atoms with Crippen molar-refractivity contribution in [1.82, 2.24) is 20.1 Å². The fraction of sp³-hybridized carbons (Fsp3) is 0.296. The molecule has 0 unspecified atom stereocenters. The maximum absolute atomic E-state index is 13.5. The minimum absolute atomic E-state index is 0.125. The van der Waals surface area contributed by atoms with Crippen molar-refractivity contribution in [2.24, 2.45) is 0 Å². The molecular formula is C27H31N5O2. The molecule has 1 aromatic heterocycles. The maximum Gasteiger partial charge on any atom is 0.254 e. The lowest BCUT2D eigenvalue weighted by Crippen LogP contribution is -2.60. The normalized spacial score (nSPS) is 16.2. The molecule has 1 fully saturated rings. The summed E-state index contributed by atoms with van der Waals surface area (Å²) in [6, 6.07) is 19.2. The van der Waals surface area contributed by atoms with E-state index >= 15 is 0 Å². The Labute approximate surface area is 200 Å². The zero-order valence-electron chi connectivity index (χ0n) is 19.7. The summed E-state index contributed by atoms with van der Waals surface area (Å²) in [7, 11) is 1.62. The van der Waals surface area contributed by atoms with Crippen LogP contribution in [0.1, 0.15) is 27.0 Å². The second kappa shape index (κ2) is 10.9. The van der Waals surface area contributed by atoms with Crippen LogP contribution in [-0.4, -0.2) is 59.3 Å². The Kier molecular flexibility index (Phi) is 7.54. The summed E-state index contributed by atoms with van der Waals surface area (Å²) in [6.07, 6.45) is 3.53. The van der Waals surface area contributed by atoms with Gasteiger partial charge in [-0.3, -0.25) is 19.5 Å². The molecule has 7 nitrogen and oxygen atoms in total. The summed E-state index contributed by atoms with van der Waals surface area (Å²) in [5.41, 5.74) is 4.85. The number of piperazine rings is 1. The summed E-state index contributed by atoms with van der Waals surface area (Å²) >= 11 is 0. The summed E-state index contributed by atoms with van der Waals surface area (Å²) < 4.78 is 0. The van der Waals surface area contributed by atoms with E-state index in [0.717, 1.165) is 23.4 Å². The van der Waals surface area contributed by atoms with E-state index in [1.807, 2.05) is 55.5 Å². The van der Waals surface area contributed by atoms with Gasteiger partial charge < -0.3 is 15.5 Å². The topological polar surface area (TPSA) is 77.6 Å². The number of carbonyl (C=O) groups excluding carboxylic acids is 2. The molecule has 1 aliphatic rings. The van der Waals surface area contributed by atoms with Gasteiger partial charge in [0, 0.05) is 63.4 Å². The van der Waals surface area contributed by atoms with Gasteiger partial charge in [-0.05, 0) is 47.9 Å². The van der Waals surface area contributed by atoms with Crippen LogP contribution in [0.2, 0.25) is 0 Å². The van der Waals surface area contributed by atoms with Crippen LogP contribution < -0.4 is 10.6 Å². The average molecular weight is 458 g/mol. The highest BCUT2D eigenvalue weighted by atomic mass is 16.2. The number of benzene rings is 2. The number of rotatable bonds is 7. The molecule has 4 rings (SSSR count). The third-order valence-electron chi connectivity index (χ3n) is 6.24. The van der Waals surface area contributed by atoms with Crippen LogP contribution in [0.4, 0.5) is 5.69 Å². The largest absolute Gasteiger partial charge is 0.381 e. The highest BCUT2D eigenvalue weighted by Gasteiger charge is 2.35. The van der Waals surface area contributed by atoms with Crippen LogP contribution in [0.5, 0.6) is 0 Å². The van der Waals surface area contributed by atoms with E-state index in [1.54, 1.807) is 24.3 Å². The van der Waals surface area contributed by atoms with Gasteiger partial charge in [-0.2, -0.15) is 0 Å². The van der Waals surface area contributed by atoms with Crippen molar-refractivity contribution in [2.75, 3.05) is 32.0 Å². The fourth-order valence-corrected chi connectivity index (χ4v) is 4.27. The minimum Gasteiger partial charge on any atom is -0.381 e. The lowest BCUT2D eigenvalue weighted by atomic mass is 10.0. The smallest absolute Gasteiger partial charge is 0.254 e. The Hall–Kier alpha value is -3.71. The number of likely N-dealkylation sites (N-methyl/N-ethyl adjacent to an activating group) is 1. The Balaban J connectivity index is 1.48. The second-order valence-electron chi connectivity index (χ2n) is 8.59. The molecule has 2 heterocycles. The van der Waals surface area contributed by atoms with Gasteiger partial charge in [-0.15, -0.1) is 0 Å². The van der Waals surface area contributed by atoms with Crippen molar-refractivity contribution in [2.45, 2.75) is 26.1 Å². The van der Waals surface area contributed by atoms with Gasteiger partial charge in [0.2, 0.25) is 5.91 Å². The molecule has 34 heavy (non-hydrogen) atoms. The highest BCUT2D eigenvalue weighted by molar-refractivity contribution is 5.98. The van der Waals surface area contributed by atoms with Crippen LogP contribution in [0, 0.1) is 6.92 Å². The lowest BCUT2D eigenvalue weighted by molar-refractivity contribution is -0.127. The van der Waals surface area contributed by atoms with E-state index in [-0.39, 0.29) is 11.8 Å². The van der Waals surface area contributed by atoms with E-state index in [2.05, 4.69) is 32.7 Å². The van der Waals surface area contributed by atoms with Gasteiger partial charge in [0.05, 0.1) is 0 Å². The number of nitrogens with one attached hydrogen (secondary N) is 2. The third kappa shape index (κ3) is 5.61. The molecule has 0 spiro atoms. The Morgan fingerprint density at radius 2 is 1.76 bits per heavy atom. The molecule has 3 aromatic rings. The molecule has 2 N–H and O–H groups in total. The van der Waals surface area contributed by atoms with Crippen molar-refractivity contribution < 1.29 is 9.59 Å². The van der Waals surface area contributed by atoms with E-state index in [1.165, 1.54) is 5.56 Å². The second-order valence-corrected chi connectivity index (χ2v) is 8.59. The van der Waals surface area contributed by atoms with Gasteiger partial charge in [0.1, 0.15) is 6.04 Å². The van der Waals surface area contributed by atoms with Crippen molar-refractivity contribution >= 4 is 17.5 Å². The lowest BCUT2D eigenvalue weighted by Gasteiger charge is -2.40. The number of anilines is 1. The molecule has 2 amide bonds. The van der Waals surface area contributed by atoms with Crippen LogP contribution >= 0.6 is 0 Å². The predicted molar refractivity (Wildman–Crippen MR) is 133 cm³/mol. The number of pyridine rings is 1. The number of amides is 2. The first kappa shape index (κ1) is 23.4. The first-order valence-electron chi connectivity index (χ1n) is 11.6. The quantitative estimate of drug-likeness (QED) is 0.570. The fourth-order valence-electron chi connectivity index (χ4n) is 4.27. The van der Waals surface area contributed by atoms with E-state index in [4.69, 9.17) is 0 Å². The van der Waals surface area contributed by atoms with Crippen molar-refractivity contribution in [3.8, 4) is 0 Å². The predicted octanol–water partition coefficient (Wildman–Crippen LogP) is 3.07. The molecule has 0 saturated carbocycles. The molecule has 0 radical (unpaired) electrons. The first-order valence-corrected chi connectivity index (χ1v) is 11.6. The van der Waals surface area contributed by atoms with Crippen molar-refractivity contribution in [3.05, 3.63) is 95.3 Å².